The molecule has 0 aromatic heterocycles. The number of amides is 1. The fourth-order valence-corrected chi connectivity index (χ4v) is 5.42. The van der Waals surface area contributed by atoms with E-state index < -0.39 is 10.0 Å². The van der Waals surface area contributed by atoms with Crippen LogP contribution >= 0.6 is 0 Å². The van der Waals surface area contributed by atoms with Gasteiger partial charge in [-0.05, 0) is 43.9 Å². The average molecular weight is 430 g/mol. The Morgan fingerprint density at radius 1 is 1.07 bits per heavy atom. The molecule has 1 N–H and O–H groups in total. The molecule has 2 aromatic carbocycles. The van der Waals surface area contributed by atoms with Gasteiger partial charge < -0.3 is 10.2 Å². The third-order valence-electron chi connectivity index (χ3n) is 5.45. The number of sulfonamides is 1. The van der Waals surface area contributed by atoms with Crippen LogP contribution in [-0.2, 0) is 21.2 Å². The molecular formula is C23H31N3O3S. The first kappa shape index (κ1) is 22.5. The molecule has 1 aliphatic rings. The molecule has 162 valence electrons. The van der Waals surface area contributed by atoms with E-state index in [1.807, 2.05) is 43.3 Å². The van der Waals surface area contributed by atoms with Crippen LogP contribution in [0.5, 0.6) is 0 Å². The largest absolute Gasteiger partial charge is 0.339 e. The van der Waals surface area contributed by atoms with Gasteiger partial charge in [0, 0.05) is 32.7 Å². The molecule has 6 nitrogen and oxygen atoms in total. The molecule has 0 aliphatic carbocycles. The van der Waals surface area contributed by atoms with Crippen molar-refractivity contribution in [3.63, 3.8) is 0 Å². The lowest BCUT2D eigenvalue weighted by Crippen LogP contribution is -2.50. The van der Waals surface area contributed by atoms with Crippen molar-refractivity contribution in [1.82, 2.24) is 14.5 Å². The van der Waals surface area contributed by atoms with E-state index in [4.69, 9.17) is 0 Å². The predicted octanol–water partition coefficient (Wildman–Crippen LogP) is 2.36. The topological polar surface area (TPSA) is 69.7 Å². The second-order valence-electron chi connectivity index (χ2n) is 7.83. The van der Waals surface area contributed by atoms with Crippen LogP contribution in [0.15, 0.2) is 53.4 Å². The molecule has 0 bridgehead atoms. The first-order valence-corrected chi connectivity index (χ1v) is 11.9. The van der Waals surface area contributed by atoms with Crippen LogP contribution in [0.3, 0.4) is 0 Å². The predicted molar refractivity (Wildman–Crippen MR) is 119 cm³/mol. The minimum Gasteiger partial charge on any atom is -0.339 e. The molecule has 0 saturated carbocycles. The highest BCUT2D eigenvalue weighted by Gasteiger charge is 2.29. The Labute approximate surface area is 179 Å². The lowest BCUT2D eigenvalue weighted by molar-refractivity contribution is -0.131. The molecule has 0 atom stereocenters. The normalized spacial score (nSPS) is 14.8. The number of hydrogen-bond donors (Lipinski definition) is 1. The van der Waals surface area contributed by atoms with Crippen molar-refractivity contribution in [1.29, 1.82) is 0 Å². The van der Waals surface area contributed by atoms with Crippen LogP contribution in [0.25, 0.3) is 0 Å². The number of hydrogen-bond acceptors (Lipinski definition) is 4. The zero-order valence-electron chi connectivity index (χ0n) is 17.8. The lowest BCUT2D eigenvalue weighted by Gasteiger charge is -2.30. The van der Waals surface area contributed by atoms with Crippen molar-refractivity contribution in [2.75, 3.05) is 39.3 Å². The second kappa shape index (κ2) is 10.2. The van der Waals surface area contributed by atoms with Crippen LogP contribution in [0, 0.1) is 13.8 Å². The fourth-order valence-electron chi connectivity index (χ4n) is 3.78. The first-order valence-electron chi connectivity index (χ1n) is 10.5. The summed E-state index contributed by atoms with van der Waals surface area (Å²) in [7, 11) is -3.77. The number of carbonyl (C=O) groups excluding carboxylic acids is 1. The van der Waals surface area contributed by atoms with Gasteiger partial charge in [-0.1, -0.05) is 48.0 Å². The Morgan fingerprint density at radius 2 is 1.77 bits per heavy atom. The zero-order chi connectivity index (χ0) is 21.6. The molecule has 30 heavy (non-hydrogen) atoms. The summed E-state index contributed by atoms with van der Waals surface area (Å²) in [6.45, 7) is 6.63. The smallest absolute Gasteiger partial charge is 0.243 e. The molecule has 1 amide bonds. The quantitative estimate of drug-likeness (QED) is 0.699. The molecular weight excluding hydrogens is 398 g/mol. The number of rotatable bonds is 8. The van der Waals surface area contributed by atoms with Gasteiger partial charge in [-0.15, -0.1) is 0 Å². The summed E-state index contributed by atoms with van der Waals surface area (Å²) < 4.78 is 28.3. The summed E-state index contributed by atoms with van der Waals surface area (Å²) in [5, 5.41) is 3.22. The highest BCUT2D eigenvalue weighted by Crippen LogP contribution is 2.22. The highest BCUT2D eigenvalue weighted by molar-refractivity contribution is 7.89. The maximum Gasteiger partial charge on any atom is 0.243 e. The van der Waals surface area contributed by atoms with Crippen LogP contribution in [0.2, 0.25) is 0 Å². The standard InChI is InChI=1S/C23H31N3O3S/c1-19-10-11-22(20(2)17-19)30(28,29)26(14-6-9-21-7-4-3-5-8-21)18-23(27)25-15-12-24-13-16-25/h3-5,7-8,10-11,17,24H,6,9,12-16,18H2,1-2H3. The first-order chi connectivity index (χ1) is 14.4. The zero-order valence-corrected chi connectivity index (χ0v) is 18.6. The summed E-state index contributed by atoms with van der Waals surface area (Å²) in [5.74, 6) is -0.135. The Morgan fingerprint density at radius 3 is 2.43 bits per heavy atom. The van der Waals surface area contributed by atoms with Crippen LogP contribution in [0.1, 0.15) is 23.1 Å². The van der Waals surface area contributed by atoms with Crippen LogP contribution in [0.4, 0.5) is 0 Å². The van der Waals surface area contributed by atoms with E-state index in [1.54, 1.807) is 24.0 Å². The van der Waals surface area contributed by atoms with Crippen molar-refractivity contribution >= 4 is 15.9 Å². The van der Waals surface area contributed by atoms with Gasteiger partial charge in [0.25, 0.3) is 0 Å². The fraction of sp³-hybridized carbons (Fsp3) is 0.435. The van der Waals surface area contributed by atoms with E-state index in [9.17, 15) is 13.2 Å². The van der Waals surface area contributed by atoms with Gasteiger partial charge >= 0.3 is 0 Å². The molecule has 1 saturated heterocycles. The van der Waals surface area contributed by atoms with E-state index in [2.05, 4.69) is 5.32 Å². The number of benzene rings is 2. The van der Waals surface area contributed by atoms with Gasteiger partial charge in [0.15, 0.2) is 0 Å². The molecule has 7 heteroatoms. The van der Waals surface area contributed by atoms with Crippen molar-refractivity contribution in [2.24, 2.45) is 0 Å². The van der Waals surface area contributed by atoms with Gasteiger partial charge in [-0.3, -0.25) is 4.79 Å². The molecule has 3 rings (SSSR count). The van der Waals surface area contributed by atoms with E-state index >= 15 is 0 Å². The third kappa shape index (κ3) is 5.68. The van der Waals surface area contributed by atoms with Gasteiger partial charge in [-0.2, -0.15) is 4.31 Å². The van der Waals surface area contributed by atoms with E-state index in [0.29, 0.717) is 31.6 Å². The summed E-state index contributed by atoms with van der Waals surface area (Å²) in [6, 6.07) is 15.3. The van der Waals surface area contributed by atoms with Gasteiger partial charge in [0.1, 0.15) is 0 Å². The van der Waals surface area contributed by atoms with Crippen molar-refractivity contribution < 1.29 is 13.2 Å². The molecule has 1 aliphatic heterocycles. The van der Waals surface area contributed by atoms with E-state index in [1.165, 1.54) is 4.31 Å². The van der Waals surface area contributed by atoms with E-state index in [0.717, 1.165) is 30.6 Å². The number of piperazine rings is 1. The molecule has 0 spiro atoms. The minimum atomic E-state index is -3.77. The van der Waals surface area contributed by atoms with Crippen LogP contribution in [-0.4, -0.2) is 62.8 Å². The number of carbonyl (C=O) groups is 1. The third-order valence-corrected chi connectivity index (χ3v) is 7.45. The van der Waals surface area contributed by atoms with Gasteiger partial charge in [-0.25, -0.2) is 8.42 Å². The highest BCUT2D eigenvalue weighted by atomic mass is 32.2. The van der Waals surface area contributed by atoms with Crippen LogP contribution < -0.4 is 5.32 Å². The Bertz CT molecular complexity index is 955. The summed E-state index contributed by atoms with van der Waals surface area (Å²) >= 11 is 0. The Kier molecular flexibility index (Phi) is 7.64. The maximum atomic E-state index is 13.5. The molecule has 0 unspecified atom stereocenters. The average Bonchev–Trinajstić information content (AvgIpc) is 2.74. The molecule has 1 fully saturated rings. The maximum absolute atomic E-state index is 13.5. The number of nitrogens with one attached hydrogen (secondary N) is 1. The van der Waals surface area contributed by atoms with Gasteiger partial charge in [0.2, 0.25) is 15.9 Å². The minimum absolute atomic E-state index is 0.121. The molecule has 2 aromatic rings. The number of nitrogens with zero attached hydrogens (tertiary/aromatic N) is 2. The van der Waals surface area contributed by atoms with Crippen molar-refractivity contribution in [3.8, 4) is 0 Å². The Balaban J connectivity index is 1.78. The summed E-state index contributed by atoms with van der Waals surface area (Å²) in [5.41, 5.74) is 2.88. The van der Waals surface area contributed by atoms with E-state index in [-0.39, 0.29) is 17.3 Å². The molecule has 1 heterocycles. The summed E-state index contributed by atoms with van der Waals surface area (Å²) in [6.07, 6.45) is 1.42. The number of aryl methyl sites for hydroxylation is 3. The summed E-state index contributed by atoms with van der Waals surface area (Å²) in [4.78, 5) is 14.9. The van der Waals surface area contributed by atoms with Crippen molar-refractivity contribution in [2.45, 2.75) is 31.6 Å². The Hall–Kier alpha value is -2.22. The monoisotopic (exact) mass is 429 g/mol. The van der Waals surface area contributed by atoms with Crippen molar-refractivity contribution in [3.05, 3.63) is 65.2 Å². The second-order valence-corrected chi connectivity index (χ2v) is 9.73. The lowest BCUT2D eigenvalue weighted by atomic mass is 10.1. The van der Waals surface area contributed by atoms with Gasteiger partial charge in [0.05, 0.1) is 11.4 Å². The SMILES string of the molecule is Cc1ccc(S(=O)(=O)N(CCCc2ccccc2)CC(=O)N2CCNCC2)c(C)c1. The molecule has 0 radical (unpaired) electrons.